The zero-order valence-corrected chi connectivity index (χ0v) is 14.6. The molecule has 1 aromatic carbocycles. The lowest BCUT2D eigenvalue weighted by Crippen LogP contribution is -2.25. The second kappa shape index (κ2) is 6.60. The minimum absolute atomic E-state index is 0.0769. The van der Waals surface area contributed by atoms with Gasteiger partial charge in [-0.05, 0) is 24.1 Å². The maximum atomic E-state index is 12.6. The van der Waals surface area contributed by atoms with Crippen molar-refractivity contribution in [2.24, 2.45) is 5.92 Å². The first-order chi connectivity index (χ1) is 12.7. The van der Waals surface area contributed by atoms with E-state index in [1.54, 1.807) is 0 Å². The number of ether oxygens (including phenoxy) is 1. The van der Waals surface area contributed by atoms with Crippen molar-refractivity contribution < 1.29 is 24.2 Å². The maximum absolute atomic E-state index is 12.6. The van der Waals surface area contributed by atoms with Gasteiger partial charge in [-0.2, -0.15) is 0 Å². The number of nitrogens with zero attached hydrogens (tertiary/aromatic N) is 1. The fourth-order valence-electron chi connectivity index (χ4n) is 2.73. The van der Waals surface area contributed by atoms with Crippen LogP contribution in [0.15, 0.2) is 29.1 Å². The molecule has 0 unspecified atom stereocenters. The molecule has 0 bridgehead atoms. The number of nitrogens with two attached hydrogens (primary N) is 1. The zero-order chi connectivity index (χ0) is 19.9. The van der Waals surface area contributed by atoms with E-state index in [0.717, 1.165) is 10.6 Å². The van der Waals surface area contributed by atoms with Crippen molar-refractivity contribution >= 4 is 23.6 Å². The van der Waals surface area contributed by atoms with Gasteiger partial charge in [-0.25, -0.2) is 4.79 Å². The topological polar surface area (TPSA) is 141 Å². The van der Waals surface area contributed by atoms with E-state index in [9.17, 15) is 24.3 Å². The number of anilines is 1. The van der Waals surface area contributed by atoms with E-state index in [2.05, 4.69) is 5.32 Å². The number of hydrogen-bond donors (Lipinski definition) is 3. The first-order valence-electron chi connectivity index (χ1n) is 8.12. The molecule has 2 heterocycles. The van der Waals surface area contributed by atoms with E-state index < -0.39 is 23.3 Å². The number of carbonyl (C=O) groups is 3. The SMILES string of the molecule is CC(C)COc1ccc(C(=O)O)cc1-n1c(N)c2c(cc1=O)C(=O)NC2=O. The van der Waals surface area contributed by atoms with Gasteiger partial charge in [0.05, 0.1) is 29.0 Å². The van der Waals surface area contributed by atoms with Gasteiger partial charge in [0, 0.05) is 6.07 Å². The summed E-state index contributed by atoms with van der Waals surface area (Å²) in [4.78, 5) is 47.8. The molecule has 27 heavy (non-hydrogen) atoms. The zero-order valence-electron chi connectivity index (χ0n) is 14.6. The van der Waals surface area contributed by atoms with Crippen LogP contribution in [0.1, 0.15) is 44.9 Å². The van der Waals surface area contributed by atoms with Crippen LogP contribution >= 0.6 is 0 Å². The standard InChI is InChI=1S/C18H17N3O6/c1-8(2)7-27-12-4-3-9(18(25)26)5-11(12)21-13(22)6-10-14(15(21)19)17(24)20-16(10)23/h3-6,8H,7,19H2,1-2H3,(H,25,26)(H,20,23,24). The molecule has 4 N–H and O–H groups in total. The molecule has 0 fully saturated rings. The summed E-state index contributed by atoms with van der Waals surface area (Å²) in [6, 6.07) is 4.99. The third kappa shape index (κ3) is 3.14. The Kier molecular flexibility index (Phi) is 4.44. The van der Waals surface area contributed by atoms with Crippen molar-refractivity contribution in [3.8, 4) is 11.4 Å². The summed E-state index contributed by atoms with van der Waals surface area (Å²) in [6.45, 7) is 4.17. The highest BCUT2D eigenvalue weighted by Gasteiger charge is 2.32. The number of amides is 2. The van der Waals surface area contributed by atoms with E-state index in [-0.39, 0.29) is 39.9 Å². The highest BCUT2D eigenvalue weighted by Crippen LogP contribution is 2.29. The minimum Gasteiger partial charge on any atom is -0.491 e. The van der Waals surface area contributed by atoms with Crippen LogP contribution in [0.4, 0.5) is 5.82 Å². The summed E-state index contributed by atoms with van der Waals surface area (Å²) in [5.74, 6) is -2.49. The molecular formula is C18H17N3O6. The number of fused-ring (bicyclic) bond motifs is 1. The molecule has 9 nitrogen and oxygen atoms in total. The van der Waals surface area contributed by atoms with Gasteiger partial charge >= 0.3 is 5.97 Å². The summed E-state index contributed by atoms with van der Waals surface area (Å²) in [7, 11) is 0. The van der Waals surface area contributed by atoms with Gasteiger partial charge in [-0.15, -0.1) is 0 Å². The highest BCUT2D eigenvalue weighted by molar-refractivity contribution is 6.23. The van der Waals surface area contributed by atoms with Crippen molar-refractivity contribution in [2.45, 2.75) is 13.8 Å². The van der Waals surface area contributed by atoms with Crippen LogP contribution in [0.2, 0.25) is 0 Å². The first-order valence-corrected chi connectivity index (χ1v) is 8.12. The molecular weight excluding hydrogens is 354 g/mol. The number of carbonyl (C=O) groups excluding carboxylic acids is 2. The van der Waals surface area contributed by atoms with E-state index in [4.69, 9.17) is 10.5 Å². The Labute approximate surface area is 153 Å². The number of hydrogen-bond acceptors (Lipinski definition) is 6. The van der Waals surface area contributed by atoms with Crippen LogP contribution in [0.25, 0.3) is 5.69 Å². The minimum atomic E-state index is -1.20. The molecule has 0 spiro atoms. The fraction of sp³-hybridized carbons (Fsp3) is 0.222. The number of nitrogen functional groups attached to an aromatic ring is 1. The molecule has 9 heteroatoms. The number of pyridine rings is 1. The highest BCUT2D eigenvalue weighted by atomic mass is 16.5. The van der Waals surface area contributed by atoms with Crippen molar-refractivity contribution in [1.82, 2.24) is 9.88 Å². The van der Waals surface area contributed by atoms with Crippen LogP contribution in [0.5, 0.6) is 5.75 Å². The third-order valence-corrected chi connectivity index (χ3v) is 3.97. The van der Waals surface area contributed by atoms with Gasteiger partial charge < -0.3 is 15.6 Å². The molecule has 2 aromatic rings. The second-order valence-corrected chi connectivity index (χ2v) is 6.47. The second-order valence-electron chi connectivity index (χ2n) is 6.47. The van der Waals surface area contributed by atoms with E-state index in [1.165, 1.54) is 18.2 Å². The number of carboxylic acids is 1. The van der Waals surface area contributed by atoms with Crippen molar-refractivity contribution in [2.75, 3.05) is 12.3 Å². The molecule has 1 aliphatic rings. The number of aromatic nitrogens is 1. The first kappa shape index (κ1) is 18.2. The van der Waals surface area contributed by atoms with Gasteiger partial charge in [0.25, 0.3) is 17.4 Å². The summed E-state index contributed by atoms with van der Waals surface area (Å²) in [6.07, 6.45) is 0. The van der Waals surface area contributed by atoms with Gasteiger partial charge in [-0.3, -0.25) is 24.3 Å². The number of carboxylic acid groups (broad SMARTS) is 1. The lowest BCUT2D eigenvalue weighted by Gasteiger charge is -2.17. The number of nitrogens with one attached hydrogen (secondary N) is 1. The van der Waals surface area contributed by atoms with Crippen LogP contribution in [0.3, 0.4) is 0 Å². The predicted octanol–water partition coefficient (Wildman–Crippen LogP) is 1.04. The molecule has 0 atom stereocenters. The van der Waals surface area contributed by atoms with E-state index >= 15 is 0 Å². The van der Waals surface area contributed by atoms with Crippen molar-refractivity contribution in [3.05, 3.63) is 51.3 Å². The normalized spacial score (nSPS) is 12.9. The van der Waals surface area contributed by atoms with Crippen LogP contribution in [-0.4, -0.2) is 34.1 Å². The molecule has 0 saturated heterocycles. The summed E-state index contributed by atoms with van der Waals surface area (Å²) in [5, 5.41) is 11.3. The monoisotopic (exact) mass is 371 g/mol. The average Bonchev–Trinajstić information content (AvgIpc) is 2.87. The molecule has 140 valence electrons. The molecule has 2 amide bonds. The summed E-state index contributed by atoms with van der Waals surface area (Å²) >= 11 is 0. The smallest absolute Gasteiger partial charge is 0.335 e. The Bertz CT molecular complexity index is 1040. The number of imide groups is 1. The lowest BCUT2D eigenvalue weighted by molar-refractivity contribution is 0.0696. The number of rotatable bonds is 5. The maximum Gasteiger partial charge on any atom is 0.335 e. The molecule has 0 radical (unpaired) electrons. The van der Waals surface area contributed by atoms with Gasteiger partial charge in [-0.1, -0.05) is 13.8 Å². The Morgan fingerprint density at radius 1 is 1.22 bits per heavy atom. The van der Waals surface area contributed by atoms with E-state index in [0.29, 0.717) is 6.61 Å². The molecule has 1 aliphatic heterocycles. The fourth-order valence-corrected chi connectivity index (χ4v) is 2.73. The van der Waals surface area contributed by atoms with Crippen LogP contribution in [0, 0.1) is 5.92 Å². The number of benzene rings is 1. The molecule has 3 rings (SSSR count). The Hall–Kier alpha value is -3.62. The summed E-state index contributed by atoms with van der Waals surface area (Å²) in [5.41, 5.74) is 5.08. The third-order valence-electron chi connectivity index (χ3n) is 3.97. The Morgan fingerprint density at radius 3 is 2.56 bits per heavy atom. The van der Waals surface area contributed by atoms with Crippen molar-refractivity contribution in [3.63, 3.8) is 0 Å². The molecule has 1 aromatic heterocycles. The van der Waals surface area contributed by atoms with Gasteiger partial charge in [0.1, 0.15) is 11.6 Å². The van der Waals surface area contributed by atoms with Gasteiger partial charge in [0.15, 0.2) is 0 Å². The van der Waals surface area contributed by atoms with Gasteiger partial charge in [0.2, 0.25) is 0 Å². The predicted molar refractivity (Wildman–Crippen MR) is 95.5 cm³/mol. The summed E-state index contributed by atoms with van der Waals surface area (Å²) < 4.78 is 6.66. The largest absolute Gasteiger partial charge is 0.491 e. The van der Waals surface area contributed by atoms with Crippen LogP contribution in [-0.2, 0) is 0 Å². The molecule has 0 saturated carbocycles. The van der Waals surface area contributed by atoms with Crippen molar-refractivity contribution in [1.29, 1.82) is 0 Å². The average molecular weight is 371 g/mol. The quantitative estimate of drug-likeness (QED) is 0.667. The lowest BCUT2D eigenvalue weighted by atomic mass is 10.1. The number of aromatic carboxylic acids is 1. The Balaban J connectivity index is 2.27. The van der Waals surface area contributed by atoms with E-state index in [1.807, 2.05) is 13.8 Å². The Morgan fingerprint density at radius 2 is 1.93 bits per heavy atom. The van der Waals surface area contributed by atoms with Crippen LogP contribution < -0.4 is 21.3 Å². The molecule has 0 aliphatic carbocycles.